The lowest BCUT2D eigenvalue weighted by Gasteiger charge is -2.33. The molecule has 7 nitrogen and oxygen atoms in total. The highest BCUT2D eigenvalue weighted by Gasteiger charge is 2.44. The highest BCUT2D eigenvalue weighted by molar-refractivity contribution is 9.10. The van der Waals surface area contributed by atoms with Gasteiger partial charge in [-0.15, -0.1) is 0 Å². The minimum absolute atomic E-state index is 0.194. The predicted molar refractivity (Wildman–Crippen MR) is 125 cm³/mol. The van der Waals surface area contributed by atoms with E-state index in [2.05, 4.69) is 26.6 Å². The molecule has 2 aromatic rings. The van der Waals surface area contributed by atoms with Crippen LogP contribution in [0.15, 0.2) is 52.1 Å². The van der Waals surface area contributed by atoms with Gasteiger partial charge in [0.1, 0.15) is 5.92 Å². The molecule has 0 aromatic heterocycles. The minimum atomic E-state index is -0.856. The van der Waals surface area contributed by atoms with Gasteiger partial charge in [0.2, 0.25) is 0 Å². The molecule has 0 radical (unpaired) electrons. The number of allylic oxidation sites excluding steroid dienone is 1. The average Bonchev–Trinajstić information content (AvgIpc) is 2.95. The lowest BCUT2D eigenvalue weighted by Crippen LogP contribution is -2.39. The molecule has 32 heavy (non-hydrogen) atoms. The topological polar surface area (TPSA) is 85.9 Å². The van der Waals surface area contributed by atoms with Gasteiger partial charge < -0.3 is 24.8 Å². The third-order valence-electron chi connectivity index (χ3n) is 6.04. The van der Waals surface area contributed by atoms with E-state index in [9.17, 15) is 9.59 Å². The molecular formula is C24H25BrN2O5. The van der Waals surface area contributed by atoms with Crippen molar-refractivity contribution in [1.82, 2.24) is 0 Å². The summed E-state index contributed by atoms with van der Waals surface area (Å²) in [5.74, 6) is -0.696. The first-order chi connectivity index (χ1) is 15.4. The summed E-state index contributed by atoms with van der Waals surface area (Å²) in [7, 11) is 4.45. The van der Waals surface area contributed by atoms with Gasteiger partial charge in [0.25, 0.3) is 0 Å². The number of carbonyl (C=O) groups excluding carboxylic acids is 2. The van der Waals surface area contributed by atoms with E-state index in [1.54, 1.807) is 14.2 Å². The Morgan fingerprint density at radius 1 is 1.06 bits per heavy atom. The zero-order chi connectivity index (χ0) is 23.0. The van der Waals surface area contributed by atoms with Gasteiger partial charge >= 0.3 is 5.97 Å². The standard InChI is InChI=1S/C24H25BrN2O5/c1-12-9-17-21(23(28)20(12)24(29)32-4)22(27-16-8-6-5-7-15(16)26-17)13-10-18(30-2)19(31-3)11-14(13)25/h5-8,10-12,20,22,26-27H,9H2,1-4H3/t12-,20+,22+/m0/s1. The van der Waals surface area contributed by atoms with Crippen molar-refractivity contribution in [2.75, 3.05) is 32.0 Å². The maximum Gasteiger partial charge on any atom is 0.316 e. The van der Waals surface area contributed by atoms with Gasteiger partial charge in [-0.2, -0.15) is 0 Å². The quantitative estimate of drug-likeness (QED) is 0.464. The van der Waals surface area contributed by atoms with Crippen LogP contribution in [0.25, 0.3) is 0 Å². The monoisotopic (exact) mass is 500 g/mol. The van der Waals surface area contributed by atoms with Crippen LogP contribution >= 0.6 is 15.9 Å². The number of ketones is 1. The minimum Gasteiger partial charge on any atom is -0.493 e. The zero-order valence-electron chi connectivity index (χ0n) is 18.3. The summed E-state index contributed by atoms with van der Waals surface area (Å²) in [6.07, 6.45) is 0.540. The fraction of sp³-hybridized carbons (Fsp3) is 0.333. The number of fused-ring (bicyclic) bond motifs is 1. The van der Waals surface area contributed by atoms with Crippen LogP contribution in [0.4, 0.5) is 11.4 Å². The number of methoxy groups -OCH3 is 3. The second kappa shape index (κ2) is 8.86. The van der Waals surface area contributed by atoms with Crippen molar-refractivity contribution < 1.29 is 23.8 Å². The maximum atomic E-state index is 13.7. The number of Topliss-reactive ketones (excluding diaryl/α,β-unsaturated/α-hetero) is 1. The van der Waals surface area contributed by atoms with Crippen LogP contribution in [-0.2, 0) is 14.3 Å². The van der Waals surface area contributed by atoms with Gasteiger partial charge in [0.05, 0.1) is 38.7 Å². The summed E-state index contributed by atoms with van der Waals surface area (Å²) < 4.78 is 16.6. The van der Waals surface area contributed by atoms with Gasteiger partial charge in [-0.05, 0) is 42.2 Å². The van der Waals surface area contributed by atoms with Crippen LogP contribution in [0.1, 0.15) is 24.9 Å². The number of hydrogen-bond donors (Lipinski definition) is 2. The zero-order valence-corrected chi connectivity index (χ0v) is 19.9. The fourth-order valence-electron chi connectivity index (χ4n) is 4.46. The molecule has 0 saturated carbocycles. The van der Waals surface area contributed by atoms with Gasteiger partial charge in [-0.3, -0.25) is 9.59 Å². The first-order valence-corrected chi connectivity index (χ1v) is 11.1. The number of hydrogen-bond acceptors (Lipinski definition) is 7. The van der Waals surface area contributed by atoms with Crippen molar-refractivity contribution in [2.24, 2.45) is 11.8 Å². The van der Waals surface area contributed by atoms with Crippen LogP contribution in [0.5, 0.6) is 11.5 Å². The molecule has 2 aliphatic rings. The van der Waals surface area contributed by atoms with Crippen molar-refractivity contribution in [3.05, 3.63) is 57.7 Å². The molecule has 0 bridgehead atoms. The normalized spacial score (nSPS) is 22.0. The fourth-order valence-corrected chi connectivity index (χ4v) is 5.01. The molecule has 1 aliphatic heterocycles. The second-order valence-electron chi connectivity index (χ2n) is 7.92. The van der Waals surface area contributed by atoms with Crippen LogP contribution < -0.4 is 20.1 Å². The van der Waals surface area contributed by atoms with Crippen molar-refractivity contribution in [2.45, 2.75) is 19.4 Å². The largest absolute Gasteiger partial charge is 0.493 e. The van der Waals surface area contributed by atoms with Crippen molar-refractivity contribution in [3.8, 4) is 11.5 Å². The van der Waals surface area contributed by atoms with Crippen LogP contribution in [0, 0.1) is 11.8 Å². The van der Waals surface area contributed by atoms with Crippen molar-refractivity contribution >= 4 is 39.1 Å². The molecule has 1 heterocycles. The highest BCUT2D eigenvalue weighted by Crippen LogP contribution is 2.46. The van der Waals surface area contributed by atoms with E-state index in [0.29, 0.717) is 23.5 Å². The van der Waals surface area contributed by atoms with E-state index in [0.717, 1.165) is 27.1 Å². The molecule has 1 aliphatic carbocycles. The predicted octanol–water partition coefficient (Wildman–Crippen LogP) is 4.70. The molecule has 2 aromatic carbocycles. The molecule has 3 atom stereocenters. The molecule has 0 fully saturated rings. The van der Waals surface area contributed by atoms with Crippen LogP contribution in [0.3, 0.4) is 0 Å². The van der Waals surface area contributed by atoms with Crippen molar-refractivity contribution in [1.29, 1.82) is 0 Å². The van der Waals surface area contributed by atoms with Crippen LogP contribution in [-0.4, -0.2) is 33.1 Å². The van der Waals surface area contributed by atoms with Gasteiger partial charge in [0.15, 0.2) is 17.3 Å². The van der Waals surface area contributed by atoms with E-state index in [-0.39, 0.29) is 11.7 Å². The third kappa shape index (κ3) is 3.72. The maximum absolute atomic E-state index is 13.7. The number of esters is 1. The Hall–Kier alpha value is -3.00. The Kier molecular flexibility index (Phi) is 6.15. The smallest absolute Gasteiger partial charge is 0.316 e. The van der Waals surface area contributed by atoms with Gasteiger partial charge in [0, 0.05) is 15.7 Å². The first kappa shape index (κ1) is 22.2. The Labute approximate surface area is 195 Å². The molecule has 0 saturated heterocycles. The van der Waals surface area contributed by atoms with Gasteiger partial charge in [-0.25, -0.2) is 0 Å². The molecule has 4 rings (SSSR count). The van der Waals surface area contributed by atoms with E-state index >= 15 is 0 Å². The van der Waals surface area contributed by atoms with Crippen molar-refractivity contribution in [3.63, 3.8) is 0 Å². The Morgan fingerprint density at radius 3 is 2.38 bits per heavy atom. The van der Waals surface area contributed by atoms with E-state index in [1.807, 2.05) is 43.3 Å². The number of ether oxygens (including phenoxy) is 3. The summed E-state index contributed by atoms with van der Waals surface area (Å²) in [4.78, 5) is 26.2. The molecule has 0 spiro atoms. The Bertz CT molecular complexity index is 1110. The SMILES string of the molecule is COC(=O)[C@H]1C(=O)C2=C(C[C@@H]1C)Nc1ccccc1N[C@@H]2c1cc(OC)c(OC)cc1Br. The van der Waals surface area contributed by atoms with E-state index < -0.39 is 17.9 Å². The summed E-state index contributed by atoms with van der Waals surface area (Å²) in [6, 6.07) is 10.9. The third-order valence-corrected chi connectivity index (χ3v) is 6.73. The molecule has 0 amide bonds. The Morgan fingerprint density at radius 2 is 1.72 bits per heavy atom. The number of benzene rings is 2. The lowest BCUT2D eigenvalue weighted by atomic mass is 9.75. The summed E-state index contributed by atoms with van der Waals surface area (Å²) >= 11 is 3.64. The van der Waals surface area contributed by atoms with E-state index in [4.69, 9.17) is 14.2 Å². The summed E-state index contributed by atoms with van der Waals surface area (Å²) in [5.41, 5.74) is 3.83. The lowest BCUT2D eigenvalue weighted by molar-refractivity contribution is -0.151. The molecule has 8 heteroatoms. The second-order valence-corrected chi connectivity index (χ2v) is 8.77. The molecule has 168 valence electrons. The summed E-state index contributed by atoms with van der Waals surface area (Å²) in [5, 5.41) is 6.95. The number of rotatable bonds is 4. The molecule has 0 unspecified atom stereocenters. The molecule has 2 N–H and O–H groups in total. The first-order valence-electron chi connectivity index (χ1n) is 10.3. The molecular weight excluding hydrogens is 476 g/mol. The number of halogens is 1. The summed E-state index contributed by atoms with van der Waals surface area (Å²) in [6.45, 7) is 1.90. The average molecular weight is 501 g/mol. The number of para-hydroxylation sites is 2. The number of nitrogens with one attached hydrogen (secondary N) is 2. The number of carbonyl (C=O) groups is 2. The van der Waals surface area contributed by atoms with E-state index in [1.165, 1.54) is 7.11 Å². The van der Waals surface area contributed by atoms with Crippen LogP contribution in [0.2, 0.25) is 0 Å². The Balaban J connectivity index is 1.92. The highest BCUT2D eigenvalue weighted by atomic mass is 79.9. The van der Waals surface area contributed by atoms with Gasteiger partial charge in [-0.1, -0.05) is 35.0 Å². The number of anilines is 2.